The van der Waals surface area contributed by atoms with Crippen LogP contribution in [0.5, 0.6) is 0 Å². The normalized spacial score (nSPS) is 19.1. The quantitative estimate of drug-likeness (QED) is 0.831. The standard InChI is InChI=1S/C17H15ClN4O3/c1-25-16(24)15-20-17-19-11-6-3-7-12(23)13(11)14(22(17)21-15)9-4-2-5-10(18)8-9/h2,4-5,8,14H,3,6-7H2,1H3,(H,19,20,21)/t14-/m0/s1. The van der Waals surface area contributed by atoms with E-state index >= 15 is 0 Å². The maximum Gasteiger partial charge on any atom is 0.378 e. The Morgan fingerprint density at radius 2 is 2.24 bits per heavy atom. The number of hydrogen-bond donors (Lipinski definition) is 1. The summed E-state index contributed by atoms with van der Waals surface area (Å²) in [5.41, 5.74) is 2.30. The smallest absolute Gasteiger partial charge is 0.378 e. The number of allylic oxidation sites excluding steroid dienone is 2. The Kier molecular flexibility index (Phi) is 3.80. The van der Waals surface area contributed by atoms with Gasteiger partial charge in [-0.2, -0.15) is 4.98 Å². The van der Waals surface area contributed by atoms with Crippen LogP contribution in [0, 0.1) is 0 Å². The minimum atomic E-state index is -0.627. The van der Waals surface area contributed by atoms with Gasteiger partial charge in [0, 0.05) is 22.7 Å². The Balaban J connectivity index is 1.91. The first-order valence-electron chi connectivity index (χ1n) is 7.92. The van der Waals surface area contributed by atoms with Crippen LogP contribution in [0.2, 0.25) is 5.02 Å². The number of esters is 1. The second kappa shape index (κ2) is 6.00. The van der Waals surface area contributed by atoms with Gasteiger partial charge in [0.15, 0.2) is 5.78 Å². The van der Waals surface area contributed by atoms with Crippen LogP contribution in [0.1, 0.15) is 41.5 Å². The number of methoxy groups -OCH3 is 1. The molecule has 0 unspecified atom stereocenters. The molecule has 0 fully saturated rings. The highest BCUT2D eigenvalue weighted by atomic mass is 35.5. The van der Waals surface area contributed by atoms with E-state index in [1.807, 2.05) is 12.1 Å². The number of Topliss-reactive ketones (excluding diaryl/α,β-unsaturated/α-hetero) is 1. The molecule has 8 heteroatoms. The van der Waals surface area contributed by atoms with E-state index < -0.39 is 12.0 Å². The molecule has 2 aromatic rings. The molecule has 0 radical (unpaired) electrons. The highest BCUT2D eigenvalue weighted by Gasteiger charge is 2.37. The van der Waals surface area contributed by atoms with E-state index in [4.69, 9.17) is 16.3 Å². The number of carbonyl (C=O) groups is 2. The van der Waals surface area contributed by atoms with E-state index in [0.29, 0.717) is 23.0 Å². The van der Waals surface area contributed by atoms with Gasteiger partial charge in [-0.25, -0.2) is 9.48 Å². The number of carbonyl (C=O) groups excluding carboxylic acids is 2. The summed E-state index contributed by atoms with van der Waals surface area (Å²) in [4.78, 5) is 28.7. The molecule has 1 N–H and O–H groups in total. The Hall–Kier alpha value is -2.67. The molecule has 1 aliphatic heterocycles. The molecule has 2 aliphatic rings. The van der Waals surface area contributed by atoms with Crippen LogP contribution in [0.4, 0.5) is 5.95 Å². The molecule has 2 heterocycles. The van der Waals surface area contributed by atoms with Gasteiger partial charge in [-0.05, 0) is 30.5 Å². The molecule has 1 aromatic heterocycles. The maximum atomic E-state index is 12.6. The lowest BCUT2D eigenvalue weighted by molar-refractivity contribution is -0.116. The highest BCUT2D eigenvalue weighted by Crippen LogP contribution is 2.40. The summed E-state index contributed by atoms with van der Waals surface area (Å²) >= 11 is 6.14. The van der Waals surface area contributed by atoms with Gasteiger partial charge in [0.05, 0.1) is 7.11 Å². The topological polar surface area (TPSA) is 86.1 Å². The summed E-state index contributed by atoms with van der Waals surface area (Å²) in [6.07, 6.45) is 2.02. The van der Waals surface area contributed by atoms with Gasteiger partial charge in [0.2, 0.25) is 5.95 Å². The van der Waals surface area contributed by atoms with Crippen molar-refractivity contribution in [3.05, 3.63) is 51.9 Å². The first-order valence-corrected chi connectivity index (χ1v) is 8.30. The van der Waals surface area contributed by atoms with Crippen LogP contribution in [0.25, 0.3) is 0 Å². The van der Waals surface area contributed by atoms with Crippen LogP contribution >= 0.6 is 11.6 Å². The first kappa shape index (κ1) is 15.8. The fourth-order valence-electron chi connectivity index (χ4n) is 3.32. The summed E-state index contributed by atoms with van der Waals surface area (Å²) in [6.45, 7) is 0. The molecule has 4 rings (SSSR count). The van der Waals surface area contributed by atoms with Crippen LogP contribution in [-0.4, -0.2) is 33.6 Å². The number of rotatable bonds is 2. The molecular weight excluding hydrogens is 344 g/mol. The van der Waals surface area contributed by atoms with E-state index in [2.05, 4.69) is 15.4 Å². The zero-order valence-electron chi connectivity index (χ0n) is 13.5. The van der Waals surface area contributed by atoms with Gasteiger partial charge in [-0.15, -0.1) is 5.10 Å². The molecule has 1 atom stereocenters. The zero-order chi connectivity index (χ0) is 17.6. The highest BCUT2D eigenvalue weighted by molar-refractivity contribution is 6.30. The van der Waals surface area contributed by atoms with E-state index in [0.717, 1.165) is 24.1 Å². The lowest BCUT2D eigenvalue weighted by Crippen LogP contribution is -2.31. The SMILES string of the molecule is COC(=O)c1nc2n(n1)[C@@H](c1cccc(Cl)c1)C1=C(CCCC1=O)N2. The predicted molar refractivity (Wildman–Crippen MR) is 90.5 cm³/mol. The van der Waals surface area contributed by atoms with Crippen LogP contribution in [0.3, 0.4) is 0 Å². The van der Waals surface area contributed by atoms with Crippen molar-refractivity contribution in [3.8, 4) is 0 Å². The molecule has 0 bridgehead atoms. The summed E-state index contributed by atoms with van der Waals surface area (Å²) in [6, 6.07) is 6.81. The summed E-state index contributed by atoms with van der Waals surface area (Å²) in [7, 11) is 1.27. The fraction of sp³-hybridized carbons (Fsp3) is 0.294. The molecule has 128 valence electrons. The fourth-order valence-corrected chi connectivity index (χ4v) is 3.52. The monoisotopic (exact) mass is 358 g/mol. The molecule has 1 aliphatic carbocycles. The van der Waals surface area contributed by atoms with Gasteiger partial charge in [-0.3, -0.25) is 4.79 Å². The van der Waals surface area contributed by atoms with E-state index in [1.54, 1.807) is 16.8 Å². The molecule has 25 heavy (non-hydrogen) atoms. The molecule has 0 saturated heterocycles. The molecule has 1 aromatic carbocycles. The number of ketones is 1. The van der Waals surface area contributed by atoms with Gasteiger partial charge in [-0.1, -0.05) is 23.7 Å². The van der Waals surface area contributed by atoms with Crippen LogP contribution in [0.15, 0.2) is 35.5 Å². The van der Waals surface area contributed by atoms with Crippen molar-refractivity contribution in [3.63, 3.8) is 0 Å². The van der Waals surface area contributed by atoms with Crippen molar-refractivity contribution in [1.29, 1.82) is 0 Å². The molecule has 7 nitrogen and oxygen atoms in total. The minimum absolute atomic E-state index is 0.0516. The molecule has 0 spiro atoms. The van der Waals surface area contributed by atoms with Gasteiger partial charge >= 0.3 is 5.97 Å². The van der Waals surface area contributed by atoms with E-state index in [9.17, 15) is 9.59 Å². The van der Waals surface area contributed by atoms with Crippen molar-refractivity contribution < 1.29 is 14.3 Å². The minimum Gasteiger partial charge on any atom is -0.463 e. The predicted octanol–water partition coefficient (Wildman–Crippen LogP) is 2.74. The number of fused-ring (bicyclic) bond motifs is 1. The van der Waals surface area contributed by atoms with Crippen LogP contribution < -0.4 is 5.32 Å². The van der Waals surface area contributed by atoms with E-state index in [-0.39, 0.29) is 11.6 Å². The number of halogens is 1. The summed E-state index contributed by atoms with van der Waals surface area (Å²) in [5, 5.41) is 7.99. The number of benzene rings is 1. The lowest BCUT2D eigenvalue weighted by atomic mass is 9.85. The number of nitrogens with one attached hydrogen (secondary N) is 1. The Labute approximate surface area is 148 Å². The Morgan fingerprint density at radius 1 is 1.40 bits per heavy atom. The average molecular weight is 359 g/mol. The zero-order valence-corrected chi connectivity index (χ0v) is 14.2. The van der Waals surface area contributed by atoms with Crippen LogP contribution in [-0.2, 0) is 9.53 Å². The molecule has 0 saturated carbocycles. The number of nitrogens with zero attached hydrogens (tertiary/aromatic N) is 3. The van der Waals surface area contributed by atoms with E-state index in [1.165, 1.54) is 7.11 Å². The number of aromatic nitrogens is 3. The largest absolute Gasteiger partial charge is 0.463 e. The average Bonchev–Trinajstić information content (AvgIpc) is 3.03. The van der Waals surface area contributed by atoms with Crippen molar-refractivity contribution in [2.24, 2.45) is 0 Å². The third-order valence-corrected chi connectivity index (χ3v) is 4.64. The third-order valence-electron chi connectivity index (χ3n) is 4.40. The van der Waals surface area contributed by atoms with Crippen molar-refractivity contribution in [1.82, 2.24) is 14.8 Å². The van der Waals surface area contributed by atoms with Crippen molar-refractivity contribution in [2.75, 3.05) is 12.4 Å². The van der Waals surface area contributed by atoms with Crippen molar-refractivity contribution in [2.45, 2.75) is 25.3 Å². The second-order valence-electron chi connectivity index (χ2n) is 5.95. The number of anilines is 1. The molecular formula is C17H15ClN4O3. The van der Waals surface area contributed by atoms with Gasteiger partial charge in [0.1, 0.15) is 6.04 Å². The van der Waals surface area contributed by atoms with Gasteiger partial charge in [0.25, 0.3) is 5.82 Å². The van der Waals surface area contributed by atoms with Gasteiger partial charge < -0.3 is 10.1 Å². The summed E-state index contributed by atoms with van der Waals surface area (Å²) in [5.74, 6) is -0.194. The Morgan fingerprint density at radius 3 is 3.00 bits per heavy atom. The summed E-state index contributed by atoms with van der Waals surface area (Å²) < 4.78 is 6.26. The maximum absolute atomic E-state index is 12.6. The second-order valence-corrected chi connectivity index (χ2v) is 6.38. The Bertz CT molecular complexity index is 918. The number of hydrogen-bond acceptors (Lipinski definition) is 6. The van der Waals surface area contributed by atoms with Crippen molar-refractivity contribution >= 4 is 29.3 Å². The lowest BCUT2D eigenvalue weighted by Gasteiger charge is -2.32. The molecule has 0 amide bonds. The number of ether oxygens (including phenoxy) is 1. The first-order chi connectivity index (χ1) is 12.1. The third kappa shape index (κ3) is 2.60.